The molecule has 4 rings (SSSR count). The van der Waals surface area contributed by atoms with Gasteiger partial charge in [0.25, 0.3) is 17.8 Å². The number of hydrogen-bond acceptors (Lipinski definition) is 8. The molecule has 0 bridgehead atoms. The highest BCUT2D eigenvalue weighted by atomic mass is 35.5. The maximum absolute atomic E-state index is 9.68. The fourth-order valence-electron chi connectivity index (χ4n) is 2.96. The van der Waals surface area contributed by atoms with Crippen LogP contribution in [0.15, 0.2) is 69.6 Å². The molecular weight excluding hydrogens is 558 g/mol. The minimum Gasteiger partial charge on any atom is -0.504 e. The summed E-state index contributed by atoms with van der Waals surface area (Å²) in [5.41, 5.74) is 1.71. The van der Waals surface area contributed by atoms with E-state index in [2.05, 4.69) is 29.9 Å². The quantitative estimate of drug-likeness (QED) is 0.177. The Balaban J connectivity index is 1.67. The van der Waals surface area contributed by atoms with Gasteiger partial charge in [-0.3, -0.25) is 0 Å². The van der Waals surface area contributed by atoms with Gasteiger partial charge in [-0.25, -0.2) is 15.0 Å². The van der Waals surface area contributed by atoms with Gasteiger partial charge in [-0.15, -0.1) is 0 Å². The molecule has 8 nitrogen and oxygen atoms in total. The number of benzene rings is 3. The molecule has 1 aromatic heterocycles. The molecule has 37 heavy (non-hydrogen) atoms. The molecule has 1 heterocycles. The Hall–Kier alpha value is -3.56. The van der Waals surface area contributed by atoms with Crippen LogP contribution in [0.5, 0.6) is 11.5 Å². The fourth-order valence-corrected chi connectivity index (χ4v) is 3.95. The molecule has 0 amide bonds. The predicted octanol–water partition coefficient (Wildman–Crippen LogP) is 7.34. The Morgan fingerprint density at radius 3 is 1.54 bits per heavy atom. The summed E-state index contributed by atoms with van der Waals surface area (Å²) in [5, 5.41) is 20.8. The molecule has 2 N–H and O–H groups in total. The lowest BCUT2D eigenvalue weighted by atomic mass is 10.1. The van der Waals surface area contributed by atoms with Crippen molar-refractivity contribution in [2.75, 3.05) is 0 Å². The molecule has 186 valence electrons. The highest BCUT2D eigenvalue weighted by molar-refractivity contribution is 6.39. The van der Waals surface area contributed by atoms with Crippen LogP contribution in [0.4, 0.5) is 17.8 Å². The van der Waals surface area contributed by atoms with Crippen LogP contribution in [0.25, 0.3) is 0 Å². The fraction of sp³-hybridized carbons (Fsp3) is 0.0400. The standard InChI is InChI=1S/C25H16Cl4N6O2/c26-17-3-1-4-18(27)15(17)12-31-24-33-23(30-10-9-14-7-8-21(36)22(37)11-14)34-25(35-24)32-13-16-19(28)5-2-6-20(16)29/h1-8,10-13,36-37H,9H2. The number of nitrogens with zero attached hydrogens (tertiary/aromatic N) is 6. The van der Waals surface area contributed by atoms with Crippen LogP contribution < -0.4 is 0 Å². The van der Waals surface area contributed by atoms with Crippen LogP contribution >= 0.6 is 46.4 Å². The van der Waals surface area contributed by atoms with E-state index >= 15 is 0 Å². The Morgan fingerprint density at radius 2 is 1.08 bits per heavy atom. The highest BCUT2D eigenvalue weighted by Crippen LogP contribution is 2.26. The lowest BCUT2D eigenvalue weighted by Crippen LogP contribution is -1.92. The van der Waals surface area contributed by atoms with Crippen molar-refractivity contribution < 1.29 is 10.2 Å². The van der Waals surface area contributed by atoms with Crippen LogP contribution in [0.2, 0.25) is 20.1 Å². The third-order valence-corrected chi connectivity index (χ3v) is 6.11. The minimum absolute atomic E-state index is 0.0119. The summed E-state index contributed by atoms with van der Waals surface area (Å²) in [6.07, 6.45) is 4.75. The smallest absolute Gasteiger partial charge is 0.256 e. The summed E-state index contributed by atoms with van der Waals surface area (Å²) >= 11 is 24.9. The van der Waals surface area contributed by atoms with Crippen LogP contribution in [0, 0.1) is 0 Å². The zero-order valence-electron chi connectivity index (χ0n) is 18.7. The van der Waals surface area contributed by atoms with Crippen molar-refractivity contribution in [3.8, 4) is 11.5 Å². The predicted molar refractivity (Wildman–Crippen MR) is 149 cm³/mol. The highest BCUT2D eigenvalue weighted by Gasteiger charge is 2.08. The molecular formula is C25H16Cl4N6O2. The van der Waals surface area contributed by atoms with E-state index in [1.807, 2.05) is 0 Å². The summed E-state index contributed by atoms with van der Waals surface area (Å²) < 4.78 is 0. The van der Waals surface area contributed by atoms with E-state index in [0.717, 1.165) is 0 Å². The average Bonchev–Trinajstić information content (AvgIpc) is 2.86. The molecule has 0 spiro atoms. The van der Waals surface area contributed by atoms with Gasteiger partial charge in [0.15, 0.2) is 11.5 Å². The Labute approximate surface area is 231 Å². The van der Waals surface area contributed by atoms with Crippen molar-refractivity contribution in [2.24, 2.45) is 15.0 Å². The molecule has 0 aliphatic heterocycles. The molecule has 0 saturated carbocycles. The number of aromatic nitrogens is 3. The normalized spacial score (nSPS) is 11.8. The van der Waals surface area contributed by atoms with E-state index < -0.39 is 0 Å². The molecule has 0 saturated heterocycles. The van der Waals surface area contributed by atoms with E-state index in [1.54, 1.807) is 42.5 Å². The zero-order valence-corrected chi connectivity index (χ0v) is 21.7. The first-order chi connectivity index (χ1) is 17.8. The van der Waals surface area contributed by atoms with Crippen LogP contribution in [0.3, 0.4) is 0 Å². The summed E-state index contributed by atoms with van der Waals surface area (Å²) in [7, 11) is 0. The van der Waals surface area contributed by atoms with Crippen molar-refractivity contribution >= 4 is 82.9 Å². The van der Waals surface area contributed by atoms with Crippen LogP contribution in [-0.4, -0.2) is 43.8 Å². The lowest BCUT2D eigenvalue weighted by Gasteiger charge is -2.02. The summed E-state index contributed by atoms with van der Waals surface area (Å²) in [6.45, 7) is 0. The number of hydrogen-bond donors (Lipinski definition) is 2. The van der Waals surface area contributed by atoms with E-state index in [9.17, 15) is 10.2 Å². The molecule has 0 aliphatic carbocycles. The molecule has 0 atom stereocenters. The van der Waals surface area contributed by atoms with Gasteiger partial charge in [0.05, 0.1) is 20.1 Å². The molecule has 0 aliphatic rings. The van der Waals surface area contributed by atoms with E-state index in [1.165, 1.54) is 30.8 Å². The summed E-state index contributed by atoms with van der Waals surface area (Å²) in [5.74, 6) is -0.375. The summed E-state index contributed by atoms with van der Waals surface area (Å²) in [6, 6.07) is 14.6. The number of halogens is 4. The topological polar surface area (TPSA) is 116 Å². The van der Waals surface area contributed by atoms with E-state index in [4.69, 9.17) is 46.4 Å². The number of aromatic hydroxyl groups is 2. The molecule has 3 aromatic carbocycles. The van der Waals surface area contributed by atoms with Crippen molar-refractivity contribution in [1.82, 2.24) is 15.0 Å². The number of phenols is 2. The van der Waals surface area contributed by atoms with Crippen LogP contribution in [0.1, 0.15) is 16.7 Å². The SMILES string of the molecule is Oc1ccc(CC=Nc2nc(N=Cc3c(Cl)cccc3Cl)nc(N=Cc3c(Cl)cccc3Cl)n2)cc1O. The molecule has 4 aromatic rings. The number of rotatable bonds is 7. The first kappa shape index (κ1) is 26.5. The second kappa shape index (κ2) is 12.1. The van der Waals surface area contributed by atoms with Gasteiger partial charge in [0.2, 0.25) is 0 Å². The Morgan fingerprint density at radius 1 is 0.622 bits per heavy atom. The maximum atomic E-state index is 9.68. The molecule has 0 radical (unpaired) electrons. The second-order valence-corrected chi connectivity index (χ2v) is 8.99. The Bertz CT molecular complexity index is 1420. The summed E-state index contributed by atoms with van der Waals surface area (Å²) in [4.78, 5) is 25.6. The minimum atomic E-state index is -0.226. The molecule has 0 unspecified atom stereocenters. The van der Waals surface area contributed by atoms with Gasteiger partial charge in [0.1, 0.15) is 0 Å². The lowest BCUT2D eigenvalue weighted by molar-refractivity contribution is 0.403. The third kappa shape index (κ3) is 7.02. The van der Waals surface area contributed by atoms with Crippen molar-refractivity contribution in [1.29, 1.82) is 0 Å². The van der Waals surface area contributed by atoms with Crippen molar-refractivity contribution in [3.05, 3.63) is 91.4 Å². The first-order valence-corrected chi connectivity index (χ1v) is 12.1. The van der Waals surface area contributed by atoms with Gasteiger partial charge in [-0.1, -0.05) is 64.6 Å². The van der Waals surface area contributed by atoms with Gasteiger partial charge in [-0.2, -0.15) is 15.0 Å². The third-order valence-electron chi connectivity index (χ3n) is 4.79. The van der Waals surface area contributed by atoms with E-state index in [0.29, 0.717) is 43.2 Å². The monoisotopic (exact) mass is 572 g/mol. The van der Waals surface area contributed by atoms with Gasteiger partial charge >= 0.3 is 0 Å². The van der Waals surface area contributed by atoms with Gasteiger partial charge < -0.3 is 10.2 Å². The van der Waals surface area contributed by atoms with Crippen LogP contribution in [-0.2, 0) is 6.42 Å². The first-order valence-electron chi connectivity index (χ1n) is 10.6. The Kier molecular flexibility index (Phi) is 8.68. The number of phenolic OH excluding ortho intramolecular Hbond substituents is 2. The number of aliphatic imine (C=N–C) groups is 3. The molecule has 12 heteroatoms. The zero-order chi connectivity index (χ0) is 26.4. The second-order valence-electron chi connectivity index (χ2n) is 7.36. The van der Waals surface area contributed by atoms with Gasteiger partial charge in [0, 0.05) is 36.2 Å². The largest absolute Gasteiger partial charge is 0.504 e. The molecule has 0 fully saturated rings. The van der Waals surface area contributed by atoms with E-state index in [-0.39, 0.29) is 29.3 Å². The average molecular weight is 574 g/mol. The van der Waals surface area contributed by atoms with Gasteiger partial charge in [-0.05, 0) is 42.0 Å². The van der Waals surface area contributed by atoms with Crippen molar-refractivity contribution in [3.63, 3.8) is 0 Å². The maximum Gasteiger partial charge on any atom is 0.256 e. The van der Waals surface area contributed by atoms with Crippen molar-refractivity contribution in [2.45, 2.75) is 6.42 Å².